The Morgan fingerprint density at radius 1 is 0.897 bits per heavy atom. The summed E-state index contributed by atoms with van der Waals surface area (Å²) in [7, 11) is 0. The second-order valence-electron chi connectivity index (χ2n) is 7.48. The molecule has 3 nitrogen and oxygen atoms in total. The molecule has 3 aromatic carbocycles. The van der Waals surface area contributed by atoms with E-state index >= 15 is 0 Å². The highest BCUT2D eigenvalue weighted by molar-refractivity contribution is 5.88. The maximum absolute atomic E-state index is 5.90. The van der Waals surface area contributed by atoms with E-state index in [4.69, 9.17) is 6.42 Å². The Balaban J connectivity index is 1.84. The lowest BCUT2D eigenvalue weighted by Crippen LogP contribution is -1.99. The van der Waals surface area contributed by atoms with E-state index in [1.807, 2.05) is 29.1 Å². The number of hydrogen-bond acceptors (Lipinski definition) is 2. The summed E-state index contributed by atoms with van der Waals surface area (Å²) < 4.78 is 1.87. The molecule has 0 radical (unpaired) electrons. The molecule has 1 heterocycles. The summed E-state index contributed by atoms with van der Waals surface area (Å²) in [6.45, 7) is 6.97. The van der Waals surface area contributed by atoms with Gasteiger partial charge in [0.2, 0.25) is 0 Å². The molecule has 0 fully saturated rings. The van der Waals surface area contributed by atoms with Crippen LogP contribution in [0, 0.1) is 33.1 Å². The maximum Gasteiger partial charge on any atom is 0.113 e. The Hall–Kier alpha value is -3.64. The fourth-order valence-electron chi connectivity index (χ4n) is 3.76. The van der Waals surface area contributed by atoms with Crippen molar-refractivity contribution in [2.75, 3.05) is 0 Å². The molecule has 0 saturated carbocycles. The molecule has 0 aliphatic heterocycles. The fourth-order valence-corrected chi connectivity index (χ4v) is 3.76. The highest BCUT2D eigenvalue weighted by atomic mass is 15.4. The van der Waals surface area contributed by atoms with Gasteiger partial charge in [-0.2, -0.15) is 0 Å². The van der Waals surface area contributed by atoms with Crippen LogP contribution in [0.2, 0.25) is 0 Å². The average molecular weight is 377 g/mol. The molecule has 4 aromatic rings. The van der Waals surface area contributed by atoms with Crippen LogP contribution in [0.5, 0.6) is 0 Å². The van der Waals surface area contributed by atoms with Crippen LogP contribution >= 0.6 is 0 Å². The smallest absolute Gasteiger partial charge is 0.113 e. The molecule has 4 rings (SSSR count). The van der Waals surface area contributed by atoms with Crippen LogP contribution in [0.25, 0.3) is 22.4 Å². The Kier molecular flexibility index (Phi) is 5.01. The molecule has 0 bridgehead atoms. The van der Waals surface area contributed by atoms with Crippen molar-refractivity contribution in [1.82, 2.24) is 15.0 Å². The summed E-state index contributed by atoms with van der Waals surface area (Å²) in [5, 5.41) is 8.84. The number of aryl methyl sites for hydroxylation is 3. The average Bonchev–Trinajstić information content (AvgIpc) is 3.17. The van der Waals surface area contributed by atoms with Crippen molar-refractivity contribution in [2.45, 2.75) is 27.3 Å². The highest BCUT2D eigenvalue weighted by Gasteiger charge is 2.17. The number of nitrogens with zero attached hydrogens (tertiary/aromatic N) is 3. The van der Waals surface area contributed by atoms with Crippen molar-refractivity contribution in [3.63, 3.8) is 0 Å². The third-order valence-electron chi connectivity index (χ3n) is 5.09. The molecule has 29 heavy (non-hydrogen) atoms. The second kappa shape index (κ2) is 7.77. The minimum Gasteiger partial charge on any atom is -0.247 e. The number of benzene rings is 3. The van der Waals surface area contributed by atoms with Gasteiger partial charge >= 0.3 is 0 Å². The second-order valence-corrected chi connectivity index (χ2v) is 7.48. The van der Waals surface area contributed by atoms with E-state index in [9.17, 15) is 0 Å². The minimum absolute atomic E-state index is 0.681. The SMILES string of the molecule is C#Cc1cc(C)cc(-c2cn(Cc3ccccc3)nn2)c1-c1ccc(C)cc1C. The van der Waals surface area contributed by atoms with Gasteiger partial charge in [-0.1, -0.05) is 65.2 Å². The molecular formula is C26H23N3. The van der Waals surface area contributed by atoms with Gasteiger partial charge in [-0.05, 0) is 55.2 Å². The molecule has 0 amide bonds. The van der Waals surface area contributed by atoms with Crippen molar-refractivity contribution in [1.29, 1.82) is 0 Å². The molecule has 1 aromatic heterocycles. The minimum atomic E-state index is 0.681. The van der Waals surface area contributed by atoms with E-state index in [2.05, 4.69) is 79.5 Å². The van der Waals surface area contributed by atoms with Crippen molar-refractivity contribution in [3.8, 4) is 34.7 Å². The van der Waals surface area contributed by atoms with Crippen molar-refractivity contribution >= 4 is 0 Å². The zero-order chi connectivity index (χ0) is 20.4. The third-order valence-corrected chi connectivity index (χ3v) is 5.09. The standard InChI is InChI=1S/C26H23N3/c1-5-22-14-19(3)15-24(26(22)23-12-11-18(2)13-20(23)4)25-17-29(28-27-25)16-21-9-7-6-8-10-21/h1,6-15,17H,16H2,2-4H3. The Morgan fingerprint density at radius 2 is 1.69 bits per heavy atom. The van der Waals surface area contributed by atoms with Crippen LogP contribution in [0.15, 0.2) is 66.9 Å². The van der Waals surface area contributed by atoms with Gasteiger partial charge in [0.05, 0.1) is 12.7 Å². The normalized spacial score (nSPS) is 10.7. The molecule has 0 spiro atoms. The largest absolute Gasteiger partial charge is 0.247 e. The molecular weight excluding hydrogens is 354 g/mol. The fraction of sp³-hybridized carbons (Fsp3) is 0.154. The summed E-state index contributed by atoms with van der Waals surface area (Å²) in [5.41, 5.74) is 9.63. The van der Waals surface area contributed by atoms with Gasteiger partial charge in [-0.25, -0.2) is 4.68 Å². The predicted molar refractivity (Wildman–Crippen MR) is 119 cm³/mol. The monoisotopic (exact) mass is 377 g/mol. The summed E-state index contributed by atoms with van der Waals surface area (Å²) in [5.74, 6) is 2.88. The van der Waals surface area contributed by atoms with E-state index in [0.717, 1.165) is 33.5 Å². The summed E-state index contributed by atoms with van der Waals surface area (Å²) in [6, 6.07) is 20.9. The molecule has 0 aliphatic rings. The van der Waals surface area contributed by atoms with Gasteiger partial charge in [0.1, 0.15) is 5.69 Å². The molecule has 142 valence electrons. The van der Waals surface area contributed by atoms with Crippen LogP contribution < -0.4 is 0 Å². The summed E-state index contributed by atoms with van der Waals surface area (Å²) >= 11 is 0. The topological polar surface area (TPSA) is 30.7 Å². The molecule has 3 heteroatoms. The molecule has 0 atom stereocenters. The van der Waals surface area contributed by atoms with Gasteiger partial charge in [-0.15, -0.1) is 11.5 Å². The predicted octanol–water partition coefficient (Wildman–Crippen LogP) is 5.57. The van der Waals surface area contributed by atoms with Crippen LogP contribution in [0.4, 0.5) is 0 Å². The summed E-state index contributed by atoms with van der Waals surface area (Å²) in [4.78, 5) is 0. The van der Waals surface area contributed by atoms with E-state index in [-0.39, 0.29) is 0 Å². The van der Waals surface area contributed by atoms with Crippen molar-refractivity contribution in [3.05, 3.63) is 94.7 Å². The van der Waals surface area contributed by atoms with Gasteiger partial charge in [-0.3, -0.25) is 0 Å². The number of hydrogen-bond donors (Lipinski definition) is 0. The first-order valence-corrected chi connectivity index (χ1v) is 9.68. The maximum atomic E-state index is 5.90. The zero-order valence-corrected chi connectivity index (χ0v) is 17.0. The molecule has 0 saturated heterocycles. The molecule has 0 unspecified atom stereocenters. The highest BCUT2D eigenvalue weighted by Crippen LogP contribution is 2.37. The van der Waals surface area contributed by atoms with Gasteiger partial charge in [0, 0.05) is 16.7 Å². The lowest BCUT2D eigenvalue weighted by Gasteiger charge is -2.15. The number of terminal acetylenes is 1. The molecule has 0 aliphatic carbocycles. The van der Waals surface area contributed by atoms with Crippen molar-refractivity contribution in [2.24, 2.45) is 0 Å². The lowest BCUT2D eigenvalue weighted by molar-refractivity contribution is 0.650. The van der Waals surface area contributed by atoms with Crippen LogP contribution in [-0.2, 0) is 6.54 Å². The number of rotatable bonds is 4. The van der Waals surface area contributed by atoms with Crippen LogP contribution in [0.3, 0.4) is 0 Å². The third kappa shape index (κ3) is 3.83. The quantitative estimate of drug-likeness (QED) is 0.436. The first kappa shape index (κ1) is 18.7. The zero-order valence-electron chi connectivity index (χ0n) is 17.0. The summed E-state index contributed by atoms with van der Waals surface area (Å²) in [6.07, 6.45) is 7.90. The van der Waals surface area contributed by atoms with Gasteiger partial charge in [0.25, 0.3) is 0 Å². The van der Waals surface area contributed by atoms with E-state index in [1.54, 1.807) is 0 Å². The van der Waals surface area contributed by atoms with E-state index in [1.165, 1.54) is 16.7 Å². The van der Waals surface area contributed by atoms with Crippen LogP contribution in [0.1, 0.15) is 27.8 Å². The van der Waals surface area contributed by atoms with Crippen molar-refractivity contribution < 1.29 is 0 Å². The first-order chi connectivity index (χ1) is 14.0. The van der Waals surface area contributed by atoms with Gasteiger partial charge < -0.3 is 0 Å². The number of aromatic nitrogens is 3. The first-order valence-electron chi connectivity index (χ1n) is 9.68. The van der Waals surface area contributed by atoms with Crippen LogP contribution in [-0.4, -0.2) is 15.0 Å². The Labute approximate surface area is 172 Å². The molecule has 0 N–H and O–H groups in total. The lowest BCUT2D eigenvalue weighted by atomic mass is 9.88. The Morgan fingerprint density at radius 3 is 2.41 bits per heavy atom. The van der Waals surface area contributed by atoms with E-state index in [0.29, 0.717) is 6.54 Å². The van der Waals surface area contributed by atoms with Gasteiger partial charge in [0.15, 0.2) is 0 Å². The van der Waals surface area contributed by atoms with E-state index < -0.39 is 0 Å². The Bertz CT molecular complexity index is 1210.